The predicted molar refractivity (Wildman–Crippen MR) is 42.9 cm³/mol. The van der Waals surface area contributed by atoms with Gasteiger partial charge in [0, 0.05) is 11.5 Å². The summed E-state index contributed by atoms with van der Waals surface area (Å²) in [6.07, 6.45) is 1.45. The number of allylic oxidation sites excluding steroid dienone is 1. The van der Waals surface area contributed by atoms with E-state index in [4.69, 9.17) is 0 Å². The fourth-order valence-electron chi connectivity index (χ4n) is 1.81. The minimum absolute atomic E-state index is 0.0711. The van der Waals surface area contributed by atoms with E-state index in [9.17, 15) is 14.7 Å². The molecule has 2 aliphatic carbocycles. The first kappa shape index (κ1) is 8.29. The van der Waals surface area contributed by atoms with E-state index in [1.165, 1.54) is 7.11 Å². The van der Waals surface area contributed by atoms with E-state index in [0.29, 0.717) is 12.3 Å². The Morgan fingerprint density at radius 1 is 1.62 bits per heavy atom. The van der Waals surface area contributed by atoms with Crippen LogP contribution in [-0.4, -0.2) is 24.0 Å². The molecule has 0 spiro atoms. The first-order chi connectivity index (χ1) is 6.15. The summed E-state index contributed by atoms with van der Waals surface area (Å²) in [5.74, 6) is -0.951. The van der Waals surface area contributed by atoms with Crippen molar-refractivity contribution in [2.75, 3.05) is 7.11 Å². The van der Waals surface area contributed by atoms with E-state index < -0.39 is 11.7 Å². The average Bonchev–Trinajstić information content (AvgIpc) is 2.84. The zero-order valence-electron chi connectivity index (χ0n) is 7.24. The first-order valence-electron chi connectivity index (χ1n) is 4.19. The zero-order valence-corrected chi connectivity index (χ0v) is 7.24. The molecule has 0 aromatic rings. The number of hydrogen-bond donors (Lipinski definition) is 1. The van der Waals surface area contributed by atoms with E-state index in [1.54, 1.807) is 0 Å². The molecular weight excluding hydrogens is 172 g/mol. The molecule has 70 valence electrons. The maximum Gasteiger partial charge on any atom is 0.373 e. The topological polar surface area (TPSA) is 63.6 Å². The van der Waals surface area contributed by atoms with Gasteiger partial charge in [-0.25, -0.2) is 4.79 Å². The minimum Gasteiger partial charge on any atom is -0.502 e. The molecule has 0 unspecified atom stereocenters. The quantitative estimate of drug-likeness (QED) is 0.366. The second kappa shape index (κ2) is 2.58. The van der Waals surface area contributed by atoms with Crippen LogP contribution in [0.5, 0.6) is 0 Å². The van der Waals surface area contributed by atoms with Crippen LogP contribution in [0, 0.1) is 11.8 Å². The Hall–Kier alpha value is -1.32. The summed E-state index contributed by atoms with van der Waals surface area (Å²) < 4.78 is 4.32. The summed E-state index contributed by atoms with van der Waals surface area (Å²) >= 11 is 0. The van der Waals surface area contributed by atoms with Crippen molar-refractivity contribution in [3.8, 4) is 0 Å². The smallest absolute Gasteiger partial charge is 0.373 e. The number of ketones is 1. The number of fused-ring (bicyclic) bond motifs is 1. The zero-order chi connectivity index (χ0) is 9.59. The van der Waals surface area contributed by atoms with Crippen LogP contribution < -0.4 is 0 Å². The van der Waals surface area contributed by atoms with Gasteiger partial charge >= 0.3 is 5.97 Å². The van der Waals surface area contributed by atoms with Gasteiger partial charge in [0.05, 0.1) is 7.11 Å². The van der Waals surface area contributed by atoms with Gasteiger partial charge in [-0.15, -0.1) is 0 Å². The molecule has 4 nitrogen and oxygen atoms in total. The van der Waals surface area contributed by atoms with Gasteiger partial charge in [-0.1, -0.05) is 0 Å². The van der Waals surface area contributed by atoms with Gasteiger partial charge in [0.2, 0.25) is 5.76 Å². The molecule has 2 aliphatic rings. The van der Waals surface area contributed by atoms with E-state index in [2.05, 4.69) is 4.74 Å². The lowest BCUT2D eigenvalue weighted by atomic mass is 10.1. The molecule has 4 heteroatoms. The first-order valence-corrected chi connectivity index (χ1v) is 4.19. The Labute approximate surface area is 75.2 Å². The van der Waals surface area contributed by atoms with Crippen LogP contribution in [0.3, 0.4) is 0 Å². The number of ether oxygens (including phenoxy) is 1. The largest absolute Gasteiger partial charge is 0.502 e. The molecule has 1 N–H and O–H groups in total. The van der Waals surface area contributed by atoms with Crippen molar-refractivity contribution >= 4 is 11.8 Å². The van der Waals surface area contributed by atoms with Crippen LogP contribution in [0.1, 0.15) is 12.8 Å². The van der Waals surface area contributed by atoms with Crippen LogP contribution in [0.15, 0.2) is 11.3 Å². The normalized spacial score (nSPS) is 34.1. The molecule has 2 atom stereocenters. The Morgan fingerprint density at radius 3 is 2.77 bits per heavy atom. The summed E-state index contributed by atoms with van der Waals surface area (Å²) in [6, 6.07) is 0. The van der Waals surface area contributed by atoms with E-state index >= 15 is 0 Å². The molecule has 0 heterocycles. The highest BCUT2D eigenvalue weighted by Gasteiger charge is 2.52. The van der Waals surface area contributed by atoms with Gasteiger partial charge in [0.25, 0.3) is 0 Å². The Kier molecular flexibility index (Phi) is 1.65. The highest BCUT2D eigenvalue weighted by molar-refractivity contribution is 6.07. The van der Waals surface area contributed by atoms with Crippen molar-refractivity contribution in [2.24, 2.45) is 11.8 Å². The van der Waals surface area contributed by atoms with Gasteiger partial charge in [-0.2, -0.15) is 0 Å². The Bertz CT molecular complexity index is 316. The highest BCUT2D eigenvalue weighted by Crippen LogP contribution is 2.52. The molecule has 0 aromatic heterocycles. The summed E-state index contributed by atoms with van der Waals surface area (Å²) in [5, 5.41) is 9.31. The monoisotopic (exact) mass is 182 g/mol. The second-order valence-electron chi connectivity index (χ2n) is 3.49. The fourth-order valence-corrected chi connectivity index (χ4v) is 1.81. The van der Waals surface area contributed by atoms with Crippen LogP contribution >= 0.6 is 0 Å². The van der Waals surface area contributed by atoms with Gasteiger partial charge in [0.1, 0.15) is 0 Å². The minimum atomic E-state index is -0.815. The molecule has 0 aliphatic heterocycles. The molecular formula is C9H10O4. The number of carbonyl (C=O) groups is 2. The molecule has 0 saturated heterocycles. The third-order valence-corrected chi connectivity index (χ3v) is 2.69. The van der Waals surface area contributed by atoms with E-state index in [0.717, 1.165) is 6.42 Å². The van der Waals surface area contributed by atoms with Crippen LogP contribution in [0.4, 0.5) is 0 Å². The number of rotatable bonds is 1. The predicted octanol–water partition coefficient (Wildman–Crippen LogP) is 0.580. The number of methoxy groups -OCH3 is 1. The third kappa shape index (κ3) is 1.13. The standard InChI is InChI=1S/C9H10O4/c1-13-9(12)8(11)6-3-4-2-5(4)7(6)10/h4-5,11H,2-3H2,1H3/b8-6+/t4-,5-/m0/s1. The van der Waals surface area contributed by atoms with Crippen LogP contribution in [0.25, 0.3) is 0 Å². The second-order valence-corrected chi connectivity index (χ2v) is 3.49. The molecule has 2 rings (SSSR count). The van der Waals surface area contributed by atoms with Crippen molar-refractivity contribution in [1.82, 2.24) is 0 Å². The average molecular weight is 182 g/mol. The third-order valence-electron chi connectivity index (χ3n) is 2.69. The lowest BCUT2D eigenvalue weighted by Crippen LogP contribution is -2.11. The van der Waals surface area contributed by atoms with Crippen molar-refractivity contribution in [3.63, 3.8) is 0 Å². The maximum atomic E-state index is 11.4. The fraction of sp³-hybridized carbons (Fsp3) is 0.556. The van der Waals surface area contributed by atoms with Gasteiger partial charge in [-0.05, 0) is 18.8 Å². The maximum absolute atomic E-state index is 11.4. The Balaban J connectivity index is 2.24. The molecule has 0 aromatic carbocycles. The molecule has 0 amide bonds. The number of esters is 1. The van der Waals surface area contributed by atoms with Crippen molar-refractivity contribution < 1.29 is 19.4 Å². The van der Waals surface area contributed by atoms with Gasteiger partial charge in [0.15, 0.2) is 5.78 Å². The van der Waals surface area contributed by atoms with Crippen molar-refractivity contribution in [2.45, 2.75) is 12.8 Å². The van der Waals surface area contributed by atoms with Crippen LogP contribution in [0.2, 0.25) is 0 Å². The summed E-state index contributed by atoms with van der Waals surface area (Å²) in [5.41, 5.74) is 0.258. The SMILES string of the molecule is COC(=O)/C(O)=C1/C[C@@H]2C[C@@H]2C1=O. The number of hydrogen-bond acceptors (Lipinski definition) is 4. The van der Waals surface area contributed by atoms with Crippen molar-refractivity contribution in [1.29, 1.82) is 0 Å². The number of aliphatic hydroxyl groups excluding tert-OH is 1. The van der Waals surface area contributed by atoms with E-state index in [1.807, 2.05) is 0 Å². The van der Waals surface area contributed by atoms with Crippen LogP contribution in [-0.2, 0) is 14.3 Å². The number of carbonyl (C=O) groups excluding carboxylic acids is 2. The van der Waals surface area contributed by atoms with Crippen molar-refractivity contribution in [3.05, 3.63) is 11.3 Å². The van der Waals surface area contributed by atoms with Gasteiger partial charge < -0.3 is 9.84 Å². The molecule has 2 fully saturated rings. The van der Waals surface area contributed by atoms with E-state index in [-0.39, 0.29) is 17.3 Å². The van der Waals surface area contributed by atoms with Gasteiger partial charge in [-0.3, -0.25) is 4.79 Å². The molecule has 13 heavy (non-hydrogen) atoms. The Morgan fingerprint density at radius 2 is 2.31 bits per heavy atom. The lowest BCUT2D eigenvalue weighted by Gasteiger charge is -2.02. The number of Topliss-reactive ketones (excluding diaryl/α,β-unsaturated/α-hetero) is 1. The molecule has 2 saturated carbocycles. The summed E-state index contributed by atoms with van der Waals surface area (Å²) in [4.78, 5) is 22.3. The highest BCUT2D eigenvalue weighted by atomic mass is 16.5. The molecule has 0 bridgehead atoms. The number of aliphatic hydroxyl groups is 1. The lowest BCUT2D eigenvalue weighted by molar-refractivity contribution is -0.139. The summed E-state index contributed by atoms with van der Waals surface area (Å²) in [7, 11) is 1.18. The summed E-state index contributed by atoms with van der Waals surface area (Å²) in [6.45, 7) is 0. The molecule has 0 radical (unpaired) electrons.